The molecule has 18 heavy (non-hydrogen) atoms. The quantitative estimate of drug-likeness (QED) is 0.765. The summed E-state index contributed by atoms with van der Waals surface area (Å²) >= 11 is 0. The first kappa shape index (κ1) is 12.6. The van der Waals surface area contributed by atoms with E-state index in [1.807, 2.05) is 13.0 Å². The lowest BCUT2D eigenvalue weighted by atomic mass is 10.1. The van der Waals surface area contributed by atoms with Crippen LogP contribution in [0.15, 0.2) is 24.3 Å². The summed E-state index contributed by atoms with van der Waals surface area (Å²) in [5.74, 6) is -0.0788. The maximum absolute atomic E-state index is 12.8. The molecule has 0 bridgehead atoms. The predicted molar refractivity (Wildman–Crippen MR) is 65.1 cm³/mol. The molecular weight excluding hydrogens is 231 g/mol. The Kier molecular flexibility index (Phi) is 3.61. The molecule has 4 heteroatoms. The monoisotopic (exact) mass is 246 g/mol. The Morgan fingerprint density at radius 1 is 1.50 bits per heavy atom. The predicted octanol–water partition coefficient (Wildman–Crippen LogP) is 2.30. The van der Waals surface area contributed by atoms with Crippen LogP contribution in [0.4, 0.5) is 4.39 Å². The van der Waals surface area contributed by atoms with Crippen molar-refractivity contribution in [3.05, 3.63) is 35.6 Å². The number of halogens is 1. The highest BCUT2D eigenvalue weighted by Gasteiger charge is 2.45. The molecule has 0 spiro atoms. The van der Waals surface area contributed by atoms with Gasteiger partial charge in [-0.3, -0.25) is 4.79 Å². The zero-order chi connectivity index (χ0) is 13.1. The lowest BCUT2D eigenvalue weighted by molar-refractivity contribution is -0.131. The number of carbonyl (C=O) groups excluding carboxylic acids is 1. The van der Waals surface area contributed by atoms with Crippen LogP contribution in [0.3, 0.4) is 0 Å². The van der Waals surface area contributed by atoms with Crippen LogP contribution >= 0.6 is 0 Å². The molecular formula is C14H15FN2O. The van der Waals surface area contributed by atoms with Crippen LogP contribution in [-0.2, 0) is 4.79 Å². The molecule has 2 rings (SSSR count). The standard InChI is InChI=1S/C14H15FN2O/c1-2-17(8-7-16)14(18)13-9-12(13)10-3-5-11(15)6-4-10/h3-6,12-13H,2,8-9H2,1H3/t12-,13-/m1/s1. The fourth-order valence-electron chi connectivity index (χ4n) is 2.21. The van der Waals surface area contributed by atoms with Gasteiger partial charge in [0.15, 0.2) is 0 Å². The van der Waals surface area contributed by atoms with Gasteiger partial charge in [-0.25, -0.2) is 4.39 Å². The maximum atomic E-state index is 12.8. The van der Waals surface area contributed by atoms with Gasteiger partial charge in [0.05, 0.1) is 6.07 Å². The highest BCUT2D eigenvalue weighted by Crippen LogP contribution is 2.48. The molecule has 1 saturated carbocycles. The van der Waals surface area contributed by atoms with Crippen molar-refractivity contribution >= 4 is 5.91 Å². The second-order valence-electron chi connectivity index (χ2n) is 4.51. The van der Waals surface area contributed by atoms with Crippen LogP contribution in [0.5, 0.6) is 0 Å². The molecule has 1 amide bonds. The van der Waals surface area contributed by atoms with Crippen molar-refractivity contribution in [2.24, 2.45) is 5.92 Å². The van der Waals surface area contributed by atoms with E-state index in [0.717, 1.165) is 12.0 Å². The lowest BCUT2D eigenvalue weighted by Gasteiger charge is -2.17. The fourth-order valence-corrected chi connectivity index (χ4v) is 2.21. The minimum absolute atomic E-state index is 0.0355. The average Bonchev–Trinajstić information content (AvgIpc) is 3.16. The SMILES string of the molecule is CCN(CC#N)C(=O)[C@@H]1C[C@@H]1c1ccc(F)cc1. The number of nitriles is 1. The molecule has 0 unspecified atom stereocenters. The summed E-state index contributed by atoms with van der Waals surface area (Å²) in [5.41, 5.74) is 1.00. The van der Waals surface area contributed by atoms with Crippen molar-refractivity contribution in [2.75, 3.05) is 13.1 Å². The number of hydrogen-bond donors (Lipinski definition) is 0. The Bertz CT molecular complexity index is 478. The molecule has 0 aliphatic heterocycles. The van der Waals surface area contributed by atoms with Crippen LogP contribution in [0.2, 0.25) is 0 Å². The maximum Gasteiger partial charge on any atom is 0.227 e. The summed E-state index contributed by atoms with van der Waals surface area (Å²) in [5, 5.41) is 8.65. The van der Waals surface area contributed by atoms with Crippen LogP contribution in [0.25, 0.3) is 0 Å². The van der Waals surface area contributed by atoms with Crippen LogP contribution in [-0.4, -0.2) is 23.9 Å². The molecule has 0 radical (unpaired) electrons. The molecule has 1 fully saturated rings. The van der Waals surface area contributed by atoms with Crippen LogP contribution < -0.4 is 0 Å². The van der Waals surface area contributed by atoms with Gasteiger partial charge in [0.2, 0.25) is 5.91 Å². The number of carbonyl (C=O) groups is 1. The fraction of sp³-hybridized carbons (Fsp3) is 0.429. The number of nitrogens with zero attached hydrogens (tertiary/aromatic N) is 2. The Labute approximate surface area is 106 Å². The molecule has 0 aromatic heterocycles. The summed E-state index contributed by atoms with van der Waals surface area (Å²) < 4.78 is 12.8. The summed E-state index contributed by atoms with van der Waals surface area (Å²) in [7, 11) is 0. The second kappa shape index (κ2) is 5.18. The van der Waals surface area contributed by atoms with E-state index in [1.54, 1.807) is 17.0 Å². The summed E-state index contributed by atoms with van der Waals surface area (Å²) in [6.45, 7) is 2.56. The zero-order valence-corrected chi connectivity index (χ0v) is 10.3. The van der Waals surface area contributed by atoms with E-state index >= 15 is 0 Å². The molecule has 0 N–H and O–H groups in total. The molecule has 94 valence electrons. The third kappa shape index (κ3) is 2.51. The third-order valence-electron chi connectivity index (χ3n) is 3.36. The van der Waals surface area contributed by atoms with Gasteiger partial charge in [0, 0.05) is 12.5 Å². The van der Waals surface area contributed by atoms with Crippen molar-refractivity contribution in [3.63, 3.8) is 0 Å². The minimum Gasteiger partial charge on any atom is -0.329 e. The van der Waals surface area contributed by atoms with Crippen molar-refractivity contribution in [1.82, 2.24) is 4.90 Å². The smallest absolute Gasteiger partial charge is 0.227 e. The van der Waals surface area contributed by atoms with Gasteiger partial charge in [-0.15, -0.1) is 0 Å². The van der Waals surface area contributed by atoms with Crippen LogP contribution in [0.1, 0.15) is 24.8 Å². The van der Waals surface area contributed by atoms with E-state index in [-0.39, 0.29) is 30.1 Å². The largest absolute Gasteiger partial charge is 0.329 e. The van der Waals surface area contributed by atoms with E-state index in [1.165, 1.54) is 12.1 Å². The third-order valence-corrected chi connectivity index (χ3v) is 3.36. The Balaban J connectivity index is 2.00. The number of hydrogen-bond acceptors (Lipinski definition) is 2. The van der Waals surface area contributed by atoms with Crippen molar-refractivity contribution in [3.8, 4) is 6.07 Å². The number of rotatable bonds is 4. The number of benzene rings is 1. The first-order valence-electron chi connectivity index (χ1n) is 6.08. The Morgan fingerprint density at radius 2 is 2.17 bits per heavy atom. The van der Waals surface area contributed by atoms with E-state index in [2.05, 4.69) is 0 Å². The van der Waals surface area contributed by atoms with Crippen molar-refractivity contribution in [2.45, 2.75) is 19.3 Å². The summed E-state index contributed by atoms with van der Waals surface area (Å²) in [6.07, 6.45) is 0.798. The molecule has 1 aromatic carbocycles. The van der Waals surface area contributed by atoms with Crippen molar-refractivity contribution < 1.29 is 9.18 Å². The van der Waals surface area contributed by atoms with Crippen molar-refractivity contribution in [1.29, 1.82) is 5.26 Å². The van der Waals surface area contributed by atoms with Gasteiger partial charge in [0.1, 0.15) is 12.4 Å². The molecule has 2 atom stereocenters. The minimum atomic E-state index is -0.262. The van der Waals surface area contributed by atoms with E-state index in [9.17, 15) is 9.18 Å². The zero-order valence-electron chi connectivity index (χ0n) is 10.3. The van der Waals surface area contributed by atoms with Gasteiger partial charge in [-0.05, 0) is 37.0 Å². The van der Waals surface area contributed by atoms with E-state index in [4.69, 9.17) is 5.26 Å². The highest BCUT2D eigenvalue weighted by atomic mass is 19.1. The van der Waals surface area contributed by atoms with Gasteiger partial charge >= 0.3 is 0 Å². The second-order valence-corrected chi connectivity index (χ2v) is 4.51. The normalized spacial score (nSPS) is 21.2. The van der Waals surface area contributed by atoms with Crippen LogP contribution in [0, 0.1) is 23.1 Å². The first-order chi connectivity index (χ1) is 8.67. The first-order valence-corrected chi connectivity index (χ1v) is 6.08. The average molecular weight is 246 g/mol. The van der Waals surface area contributed by atoms with Gasteiger partial charge in [0.25, 0.3) is 0 Å². The lowest BCUT2D eigenvalue weighted by Crippen LogP contribution is -2.32. The Morgan fingerprint density at radius 3 is 2.72 bits per heavy atom. The molecule has 1 aromatic rings. The summed E-state index contributed by atoms with van der Waals surface area (Å²) in [4.78, 5) is 13.6. The highest BCUT2D eigenvalue weighted by molar-refractivity contribution is 5.83. The van der Waals surface area contributed by atoms with E-state index in [0.29, 0.717) is 6.54 Å². The molecule has 1 aliphatic carbocycles. The number of amides is 1. The Hall–Kier alpha value is -1.89. The molecule has 1 aliphatic rings. The van der Waals surface area contributed by atoms with Gasteiger partial charge in [-0.1, -0.05) is 12.1 Å². The molecule has 0 saturated heterocycles. The molecule has 3 nitrogen and oxygen atoms in total. The topological polar surface area (TPSA) is 44.1 Å². The van der Waals surface area contributed by atoms with E-state index < -0.39 is 0 Å². The van der Waals surface area contributed by atoms with Gasteiger partial charge in [-0.2, -0.15) is 5.26 Å². The summed E-state index contributed by atoms with van der Waals surface area (Å²) in [6, 6.07) is 8.30. The molecule has 0 heterocycles. The van der Waals surface area contributed by atoms with Gasteiger partial charge < -0.3 is 4.90 Å².